The van der Waals surface area contributed by atoms with Crippen LogP contribution < -0.4 is 11.1 Å². The first kappa shape index (κ1) is 37.4. The smallest absolute Gasteiger partial charge is 0.413 e. The van der Waals surface area contributed by atoms with Gasteiger partial charge >= 0.3 is 18.0 Å². The average Bonchev–Trinajstić information content (AvgIpc) is 3.85. The maximum absolute atomic E-state index is 13.6. The van der Waals surface area contributed by atoms with Crippen molar-refractivity contribution in [1.29, 1.82) is 0 Å². The van der Waals surface area contributed by atoms with Gasteiger partial charge in [-0.15, -0.1) is 34.0 Å². The van der Waals surface area contributed by atoms with Gasteiger partial charge in [0.15, 0.2) is 11.4 Å². The summed E-state index contributed by atoms with van der Waals surface area (Å²) in [6.45, 7) is 12.4. The molecule has 2 amide bonds. The first-order valence-electron chi connectivity index (χ1n) is 15.8. The van der Waals surface area contributed by atoms with Crippen molar-refractivity contribution in [1.82, 2.24) is 25.2 Å². The third kappa shape index (κ3) is 7.30. The Morgan fingerprint density at radius 2 is 1.66 bits per heavy atom. The van der Waals surface area contributed by atoms with Crippen molar-refractivity contribution in [3.8, 4) is 0 Å². The van der Waals surface area contributed by atoms with Gasteiger partial charge in [-0.05, 0) is 61.3 Å². The Hall–Kier alpha value is -3.84. The fraction of sp³-hybridized carbons (Fsp3) is 0.562. The molecule has 18 heteroatoms. The maximum atomic E-state index is 13.6. The van der Waals surface area contributed by atoms with Crippen molar-refractivity contribution in [3.63, 3.8) is 0 Å². The molecule has 0 spiro atoms. The molecule has 0 aliphatic carbocycles. The van der Waals surface area contributed by atoms with E-state index in [2.05, 4.69) is 15.3 Å². The van der Waals surface area contributed by atoms with Crippen molar-refractivity contribution in [3.05, 3.63) is 48.2 Å². The number of aliphatic imine (C=N–C) groups is 1. The molecular formula is C32H41N7O8S3. The molecule has 0 saturated carbocycles. The molecule has 3 aromatic heterocycles. The van der Waals surface area contributed by atoms with Gasteiger partial charge in [-0.25, -0.2) is 29.3 Å². The number of amides is 2. The number of rotatable bonds is 8. The van der Waals surface area contributed by atoms with E-state index in [1.807, 2.05) is 12.3 Å². The zero-order valence-electron chi connectivity index (χ0n) is 29.3. The molecule has 1 fully saturated rings. The van der Waals surface area contributed by atoms with Crippen LogP contribution in [0.5, 0.6) is 0 Å². The van der Waals surface area contributed by atoms with E-state index in [0.717, 1.165) is 0 Å². The first-order valence-corrected chi connectivity index (χ1v) is 18.4. The minimum Gasteiger partial charge on any atom is -0.464 e. The zero-order chi connectivity index (χ0) is 36.8. The standard InChI is InChI=1S/C32H41N7O8S3/c1-15(33)23(40)38-32(28-37-20(14-50-28)27(42)45-9)11-10-17(24-36-19(13-48-24)26(41)44-8)34-22(32)18-12-49-25(35-18)21-16(2)46-31(6,7)39(21)29(43)47-30(3,4)5/h12-16,21-22H,10-11,33H2,1-9H3,(H,38,40)/t15-,16+,21-,22+,32+/m0/s1. The SMILES string of the molecule is COC(=O)c1csc(C2=N[C@H](c3csc([C@@H]4[C@@H](C)OC(C)(C)N4C(=O)OC(C)(C)C)n3)[C@@](NC(=O)[C@H](C)N)(c3nc(C(=O)OC)cs3)CC2)n1. The summed E-state index contributed by atoms with van der Waals surface area (Å²) in [6.07, 6.45) is -0.405. The summed E-state index contributed by atoms with van der Waals surface area (Å²) in [5.41, 5.74) is 4.27. The zero-order valence-corrected chi connectivity index (χ0v) is 31.7. The fourth-order valence-electron chi connectivity index (χ4n) is 5.93. The highest BCUT2D eigenvalue weighted by Crippen LogP contribution is 2.49. The number of aromatic nitrogens is 3. The predicted molar refractivity (Wildman–Crippen MR) is 186 cm³/mol. The Kier molecular flexibility index (Phi) is 10.5. The molecular weight excluding hydrogens is 707 g/mol. The van der Waals surface area contributed by atoms with Gasteiger partial charge in [-0.1, -0.05) is 0 Å². The summed E-state index contributed by atoms with van der Waals surface area (Å²) in [4.78, 5) is 72.6. The van der Waals surface area contributed by atoms with Crippen LogP contribution >= 0.6 is 34.0 Å². The monoisotopic (exact) mass is 747 g/mol. The summed E-state index contributed by atoms with van der Waals surface area (Å²) < 4.78 is 21.8. The lowest BCUT2D eigenvalue weighted by molar-refractivity contribution is -0.124. The van der Waals surface area contributed by atoms with E-state index in [0.29, 0.717) is 32.8 Å². The number of thiazole rings is 3. The topological polar surface area (TPSA) is 198 Å². The number of nitrogens with one attached hydrogen (secondary N) is 1. The molecule has 50 heavy (non-hydrogen) atoms. The minimum absolute atomic E-state index is 0.0734. The number of nitrogens with two attached hydrogens (primary N) is 1. The van der Waals surface area contributed by atoms with Crippen LogP contribution in [-0.4, -0.2) is 87.2 Å². The van der Waals surface area contributed by atoms with Crippen molar-refractivity contribution in [2.45, 2.75) is 102 Å². The predicted octanol–water partition coefficient (Wildman–Crippen LogP) is 4.75. The molecule has 3 N–H and O–H groups in total. The molecule has 5 atom stereocenters. The van der Waals surface area contributed by atoms with E-state index in [1.165, 1.54) is 48.2 Å². The van der Waals surface area contributed by atoms with E-state index in [9.17, 15) is 19.2 Å². The van der Waals surface area contributed by atoms with Crippen LogP contribution in [0.2, 0.25) is 0 Å². The van der Waals surface area contributed by atoms with Crippen LogP contribution in [0.3, 0.4) is 0 Å². The van der Waals surface area contributed by atoms with Gasteiger partial charge in [0.05, 0.1) is 37.8 Å². The van der Waals surface area contributed by atoms with E-state index < -0.39 is 65.0 Å². The summed E-state index contributed by atoms with van der Waals surface area (Å²) >= 11 is 3.73. The van der Waals surface area contributed by atoms with Crippen LogP contribution in [-0.2, 0) is 29.3 Å². The van der Waals surface area contributed by atoms with Crippen LogP contribution in [0.25, 0.3) is 0 Å². The summed E-state index contributed by atoms with van der Waals surface area (Å²) in [6, 6.07) is -2.39. The molecule has 270 valence electrons. The van der Waals surface area contributed by atoms with E-state index in [1.54, 1.807) is 57.2 Å². The van der Waals surface area contributed by atoms with Gasteiger partial charge in [0, 0.05) is 16.1 Å². The average molecular weight is 748 g/mol. The second-order valence-corrected chi connectivity index (χ2v) is 16.1. The Morgan fingerprint density at radius 3 is 2.28 bits per heavy atom. The van der Waals surface area contributed by atoms with E-state index in [4.69, 9.17) is 34.7 Å². The van der Waals surface area contributed by atoms with Gasteiger partial charge in [-0.3, -0.25) is 14.7 Å². The molecule has 15 nitrogen and oxygen atoms in total. The molecule has 0 unspecified atom stereocenters. The molecule has 0 aromatic carbocycles. The second-order valence-electron chi connectivity index (χ2n) is 13.5. The highest BCUT2D eigenvalue weighted by atomic mass is 32.1. The number of hydrogen-bond donors (Lipinski definition) is 2. The first-order chi connectivity index (χ1) is 23.4. The number of carbonyl (C=O) groups is 4. The fourth-order valence-corrected chi connectivity index (χ4v) is 8.76. The molecule has 0 radical (unpaired) electrons. The minimum atomic E-state index is -1.30. The number of hydrogen-bond acceptors (Lipinski definition) is 16. The Bertz CT molecular complexity index is 1810. The largest absolute Gasteiger partial charge is 0.464 e. The molecule has 5 heterocycles. The number of methoxy groups -OCH3 is 2. The number of carbonyl (C=O) groups excluding carboxylic acids is 4. The maximum Gasteiger partial charge on any atom is 0.413 e. The third-order valence-corrected chi connectivity index (χ3v) is 11.0. The van der Waals surface area contributed by atoms with Gasteiger partial charge < -0.3 is 30.0 Å². The third-order valence-electron chi connectivity index (χ3n) is 8.13. The normalized spacial score (nSPS) is 23.9. The second kappa shape index (κ2) is 14.1. The summed E-state index contributed by atoms with van der Waals surface area (Å²) in [5, 5.41) is 9.56. The van der Waals surface area contributed by atoms with Gasteiger partial charge in [-0.2, -0.15) is 0 Å². The van der Waals surface area contributed by atoms with Crippen molar-refractivity contribution >= 4 is 63.7 Å². The molecule has 2 aliphatic heterocycles. The van der Waals surface area contributed by atoms with Gasteiger partial charge in [0.1, 0.15) is 44.0 Å². The quantitative estimate of drug-likeness (QED) is 0.237. The Morgan fingerprint density at radius 1 is 1.02 bits per heavy atom. The van der Waals surface area contributed by atoms with Crippen molar-refractivity contribution in [2.75, 3.05) is 14.2 Å². The van der Waals surface area contributed by atoms with Crippen LogP contribution in [0.4, 0.5) is 4.79 Å². The molecule has 2 aliphatic rings. The lowest BCUT2D eigenvalue weighted by atomic mass is 9.80. The number of esters is 2. The molecule has 5 rings (SSSR count). The lowest BCUT2D eigenvalue weighted by Crippen LogP contribution is -2.55. The van der Waals surface area contributed by atoms with Crippen molar-refractivity contribution in [2.24, 2.45) is 10.7 Å². The number of nitrogens with zero attached hydrogens (tertiary/aromatic N) is 5. The van der Waals surface area contributed by atoms with Crippen LogP contribution in [0.15, 0.2) is 21.1 Å². The summed E-state index contributed by atoms with van der Waals surface area (Å²) in [5.74, 6) is -1.67. The van der Waals surface area contributed by atoms with E-state index in [-0.39, 0.29) is 17.8 Å². The van der Waals surface area contributed by atoms with Crippen LogP contribution in [0, 0.1) is 0 Å². The van der Waals surface area contributed by atoms with Crippen molar-refractivity contribution < 1.29 is 38.1 Å². The summed E-state index contributed by atoms with van der Waals surface area (Å²) in [7, 11) is 2.54. The molecule has 0 bridgehead atoms. The lowest BCUT2D eigenvalue weighted by Gasteiger charge is -2.41. The van der Waals surface area contributed by atoms with Crippen LogP contribution in [0.1, 0.15) is 115 Å². The molecule has 3 aromatic rings. The highest BCUT2D eigenvalue weighted by Gasteiger charge is 2.53. The number of ether oxygens (including phenoxy) is 4. The Balaban J connectivity index is 1.67. The van der Waals surface area contributed by atoms with E-state index >= 15 is 0 Å². The van der Waals surface area contributed by atoms with Gasteiger partial charge in [0.2, 0.25) is 5.91 Å². The Labute approximate surface area is 301 Å². The molecule has 1 saturated heterocycles. The highest BCUT2D eigenvalue weighted by molar-refractivity contribution is 7.12. The van der Waals surface area contributed by atoms with Gasteiger partial charge in [0.25, 0.3) is 0 Å².